The average Bonchev–Trinajstić information content (AvgIpc) is 2.58. The zero-order valence-corrected chi connectivity index (χ0v) is 20.0. The third-order valence-corrected chi connectivity index (χ3v) is 5.61. The largest absolute Gasteiger partial charge is 0.358 e. The van der Waals surface area contributed by atoms with Gasteiger partial charge in [0.25, 0.3) is 0 Å². The molecule has 0 heterocycles. The van der Waals surface area contributed by atoms with Crippen LogP contribution in [0.3, 0.4) is 0 Å². The highest BCUT2D eigenvalue weighted by Crippen LogP contribution is 2.24. The Morgan fingerprint density at radius 3 is 2.14 bits per heavy atom. The zero-order chi connectivity index (χ0) is 21.3. The number of nitrogens with one attached hydrogen (secondary N) is 3. The van der Waals surface area contributed by atoms with Crippen LogP contribution >= 0.6 is 12.2 Å². The minimum atomic E-state index is -0.362. The maximum absolute atomic E-state index is 12.7. The van der Waals surface area contributed by atoms with Crippen molar-refractivity contribution in [2.24, 2.45) is 5.41 Å². The molecule has 1 aliphatic rings. The lowest BCUT2D eigenvalue weighted by Gasteiger charge is -2.41. The molecule has 6 heteroatoms. The lowest BCUT2D eigenvalue weighted by atomic mass is 9.86. The molecule has 3 N–H and O–H groups in total. The molecule has 0 aromatic heterocycles. The summed E-state index contributed by atoms with van der Waals surface area (Å²) in [6.07, 6.45) is 7.22. The van der Waals surface area contributed by atoms with Gasteiger partial charge >= 0.3 is 0 Å². The Kier molecular flexibility index (Phi) is 10.7. The summed E-state index contributed by atoms with van der Waals surface area (Å²) in [4.78, 5) is 15.3. The lowest BCUT2D eigenvalue weighted by Crippen LogP contribution is -2.60. The highest BCUT2D eigenvalue weighted by atomic mass is 32.1. The molecular weight excluding hydrogens is 368 g/mol. The molecule has 0 spiro atoms. The van der Waals surface area contributed by atoms with Crippen molar-refractivity contribution in [3.8, 4) is 0 Å². The summed E-state index contributed by atoms with van der Waals surface area (Å²) in [6.45, 7) is 17.0. The van der Waals surface area contributed by atoms with Crippen LogP contribution < -0.4 is 16.0 Å². The molecule has 0 saturated heterocycles. The minimum absolute atomic E-state index is 0.00503. The summed E-state index contributed by atoms with van der Waals surface area (Å²) in [5, 5.41) is 10.5. The number of hydrogen-bond donors (Lipinski definition) is 3. The summed E-state index contributed by atoms with van der Waals surface area (Å²) in [5.74, 6) is 0.00503. The first-order chi connectivity index (χ1) is 13.1. The first-order valence-electron chi connectivity index (χ1n) is 11.2. The predicted molar refractivity (Wildman–Crippen MR) is 124 cm³/mol. The number of rotatable bonds is 9. The molecule has 1 saturated carbocycles. The molecule has 0 aromatic carbocycles. The molecule has 1 rings (SSSR count). The standard InChI is InChI=1S/C22H44N4OS/c1-8-14-26(15-9-2)18-13-11-10-12-17(18)24-21(28)25-19(22(5,6)7)20(27)23-16(3)4/h16-19H,8-15H2,1-7H3,(H,23,27)(H2,24,25,28)/t17-,18-,19-/m1/s1. The second-order valence-corrected chi connectivity index (χ2v) is 9.98. The smallest absolute Gasteiger partial charge is 0.243 e. The molecular formula is C22H44N4OS. The van der Waals surface area contributed by atoms with Gasteiger partial charge in [-0.1, -0.05) is 47.5 Å². The molecule has 0 aliphatic heterocycles. The topological polar surface area (TPSA) is 56.4 Å². The molecule has 3 atom stereocenters. The third-order valence-electron chi connectivity index (χ3n) is 5.37. The molecule has 0 aromatic rings. The van der Waals surface area contributed by atoms with Crippen LogP contribution in [0.1, 0.15) is 87.0 Å². The quantitative estimate of drug-likeness (QED) is 0.503. The normalized spacial score (nSPS) is 21.5. The number of nitrogens with zero attached hydrogens (tertiary/aromatic N) is 1. The summed E-state index contributed by atoms with van der Waals surface area (Å²) < 4.78 is 0. The number of thiocarbonyl (C=S) groups is 1. The molecule has 0 unspecified atom stereocenters. The summed E-state index contributed by atoms with van der Waals surface area (Å²) in [5.41, 5.74) is -0.229. The fourth-order valence-electron chi connectivity index (χ4n) is 4.12. The molecule has 0 bridgehead atoms. The van der Waals surface area contributed by atoms with Crippen molar-refractivity contribution in [2.75, 3.05) is 13.1 Å². The van der Waals surface area contributed by atoms with E-state index in [0.717, 1.165) is 19.5 Å². The Morgan fingerprint density at radius 1 is 1.07 bits per heavy atom. The van der Waals surface area contributed by atoms with E-state index in [1.54, 1.807) is 0 Å². The molecule has 0 radical (unpaired) electrons. The van der Waals surface area contributed by atoms with Crippen LogP contribution in [0, 0.1) is 5.41 Å². The van der Waals surface area contributed by atoms with Gasteiger partial charge in [-0.2, -0.15) is 0 Å². The Morgan fingerprint density at radius 2 is 1.64 bits per heavy atom. The molecule has 5 nitrogen and oxygen atoms in total. The summed E-state index contributed by atoms with van der Waals surface area (Å²) in [7, 11) is 0. The van der Waals surface area contributed by atoms with Crippen LogP contribution in [0.5, 0.6) is 0 Å². The van der Waals surface area contributed by atoms with Crippen LogP contribution in [-0.2, 0) is 4.79 Å². The Balaban J connectivity index is 2.81. The predicted octanol–water partition coefficient (Wildman–Crippen LogP) is 3.82. The lowest BCUT2D eigenvalue weighted by molar-refractivity contribution is -0.125. The molecule has 164 valence electrons. The average molecular weight is 413 g/mol. The van der Waals surface area contributed by atoms with Gasteiger partial charge in [-0.3, -0.25) is 9.69 Å². The van der Waals surface area contributed by atoms with Crippen molar-refractivity contribution in [2.45, 2.75) is 111 Å². The fourth-order valence-corrected chi connectivity index (χ4v) is 4.39. The third kappa shape index (κ3) is 8.24. The van der Waals surface area contributed by atoms with Crippen LogP contribution in [0.25, 0.3) is 0 Å². The Bertz CT molecular complexity index is 483. The van der Waals surface area contributed by atoms with Crippen molar-refractivity contribution in [1.82, 2.24) is 20.9 Å². The van der Waals surface area contributed by atoms with E-state index in [9.17, 15) is 4.79 Å². The van der Waals surface area contributed by atoms with Gasteiger partial charge in [0.15, 0.2) is 5.11 Å². The van der Waals surface area contributed by atoms with Crippen molar-refractivity contribution < 1.29 is 4.79 Å². The second kappa shape index (κ2) is 12.0. The van der Waals surface area contributed by atoms with Crippen LogP contribution in [0.4, 0.5) is 0 Å². The van der Waals surface area contributed by atoms with Gasteiger partial charge in [-0.15, -0.1) is 0 Å². The number of hydrogen-bond acceptors (Lipinski definition) is 3. The van der Waals surface area contributed by atoms with Gasteiger partial charge in [0.2, 0.25) is 5.91 Å². The van der Waals surface area contributed by atoms with Crippen molar-refractivity contribution >= 4 is 23.2 Å². The van der Waals surface area contributed by atoms with E-state index in [1.807, 2.05) is 13.8 Å². The van der Waals surface area contributed by atoms with E-state index in [0.29, 0.717) is 17.2 Å². The van der Waals surface area contributed by atoms with Gasteiger partial charge < -0.3 is 16.0 Å². The number of carbonyl (C=O) groups excluding carboxylic acids is 1. The monoisotopic (exact) mass is 412 g/mol. The van der Waals surface area contributed by atoms with E-state index in [4.69, 9.17) is 12.2 Å². The Hall–Kier alpha value is -0.880. The van der Waals surface area contributed by atoms with Crippen molar-refractivity contribution in [3.05, 3.63) is 0 Å². The van der Waals surface area contributed by atoms with Gasteiger partial charge in [0, 0.05) is 18.1 Å². The summed E-state index contributed by atoms with van der Waals surface area (Å²) in [6, 6.07) is 0.617. The second-order valence-electron chi connectivity index (χ2n) is 9.57. The van der Waals surface area contributed by atoms with Gasteiger partial charge in [0.1, 0.15) is 6.04 Å². The maximum Gasteiger partial charge on any atom is 0.243 e. The molecule has 1 fully saturated rings. The number of carbonyl (C=O) groups is 1. The first kappa shape index (κ1) is 25.2. The highest BCUT2D eigenvalue weighted by Gasteiger charge is 2.34. The minimum Gasteiger partial charge on any atom is -0.358 e. The highest BCUT2D eigenvalue weighted by molar-refractivity contribution is 7.80. The molecule has 28 heavy (non-hydrogen) atoms. The van der Waals surface area contributed by atoms with E-state index in [-0.39, 0.29) is 23.4 Å². The van der Waals surface area contributed by atoms with E-state index in [2.05, 4.69) is 55.5 Å². The summed E-state index contributed by atoms with van der Waals surface area (Å²) >= 11 is 5.66. The van der Waals surface area contributed by atoms with E-state index >= 15 is 0 Å². The number of amides is 1. The SMILES string of the molecule is CCCN(CCC)[C@@H]1CCCC[C@H]1NC(=S)N[C@H](C(=O)NC(C)C)C(C)(C)C. The van der Waals surface area contributed by atoms with Crippen molar-refractivity contribution in [1.29, 1.82) is 0 Å². The van der Waals surface area contributed by atoms with Crippen LogP contribution in [-0.4, -0.2) is 53.2 Å². The zero-order valence-electron chi connectivity index (χ0n) is 19.2. The molecule has 1 aliphatic carbocycles. The van der Waals surface area contributed by atoms with Crippen molar-refractivity contribution in [3.63, 3.8) is 0 Å². The van der Waals surface area contributed by atoms with E-state index < -0.39 is 0 Å². The Labute approximate surface area is 178 Å². The first-order valence-corrected chi connectivity index (χ1v) is 11.6. The van der Waals surface area contributed by atoms with E-state index in [1.165, 1.54) is 32.1 Å². The maximum atomic E-state index is 12.7. The molecule has 1 amide bonds. The van der Waals surface area contributed by atoms with Gasteiger partial charge in [-0.25, -0.2) is 0 Å². The van der Waals surface area contributed by atoms with Gasteiger partial charge in [-0.05, 0) is 70.3 Å². The van der Waals surface area contributed by atoms with Gasteiger partial charge in [0.05, 0.1) is 0 Å². The fraction of sp³-hybridized carbons (Fsp3) is 0.909. The van der Waals surface area contributed by atoms with Crippen LogP contribution in [0.15, 0.2) is 0 Å². The van der Waals surface area contributed by atoms with Crippen LogP contribution in [0.2, 0.25) is 0 Å².